The van der Waals surface area contributed by atoms with Gasteiger partial charge in [0.1, 0.15) is 10.8 Å². The van der Waals surface area contributed by atoms with E-state index < -0.39 is 5.97 Å². The van der Waals surface area contributed by atoms with Gasteiger partial charge in [-0.05, 0) is 49.6 Å². The molecule has 0 saturated heterocycles. The minimum Gasteiger partial charge on any atom is -0.493 e. The third-order valence-corrected chi connectivity index (χ3v) is 6.71. The summed E-state index contributed by atoms with van der Waals surface area (Å²) in [6.07, 6.45) is 4.14. The van der Waals surface area contributed by atoms with Gasteiger partial charge < -0.3 is 9.84 Å². The molecule has 1 atom stereocenters. The van der Waals surface area contributed by atoms with Gasteiger partial charge in [-0.2, -0.15) is 0 Å². The molecule has 0 saturated carbocycles. The monoisotopic (exact) mass is 473 g/mol. The molecule has 1 N–H and O–H groups in total. The fourth-order valence-corrected chi connectivity index (χ4v) is 4.82. The summed E-state index contributed by atoms with van der Waals surface area (Å²) in [5, 5.41) is 9.88. The van der Waals surface area contributed by atoms with E-state index in [1.807, 2.05) is 37.3 Å². The number of nitrogens with zero attached hydrogens (tertiary/aromatic N) is 3. The third kappa shape index (κ3) is 5.66. The van der Waals surface area contributed by atoms with Crippen LogP contribution in [-0.2, 0) is 11.2 Å². The first-order chi connectivity index (χ1) is 16.4. The van der Waals surface area contributed by atoms with Crippen molar-refractivity contribution in [3.05, 3.63) is 82.6 Å². The van der Waals surface area contributed by atoms with E-state index in [0.29, 0.717) is 18.9 Å². The number of hydrogen-bond acceptors (Lipinski definition) is 6. The molecule has 0 amide bonds. The Labute approximate surface area is 203 Å². The SMILES string of the molecule is Cc1cc(OC[C@@H](C)c2nc(-c3ccc(-c4ncccn4)cc3)sc2C)ccc1CCC(=O)O. The van der Waals surface area contributed by atoms with Crippen LogP contribution in [0, 0.1) is 13.8 Å². The first-order valence-electron chi connectivity index (χ1n) is 11.2. The molecule has 7 heteroatoms. The van der Waals surface area contributed by atoms with Crippen LogP contribution >= 0.6 is 11.3 Å². The van der Waals surface area contributed by atoms with Crippen LogP contribution in [0.5, 0.6) is 5.75 Å². The van der Waals surface area contributed by atoms with Crippen molar-refractivity contribution in [2.75, 3.05) is 6.61 Å². The summed E-state index contributed by atoms with van der Waals surface area (Å²) in [6, 6.07) is 15.8. The Morgan fingerprint density at radius 2 is 1.76 bits per heavy atom. The highest BCUT2D eigenvalue weighted by Gasteiger charge is 2.17. The smallest absolute Gasteiger partial charge is 0.303 e. The minimum absolute atomic E-state index is 0.131. The van der Waals surface area contributed by atoms with Gasteiger partial charge in [0.05, 0.1) is 12.3 Å². The van der Waals surface area contributed by atoms with Gasteiger partial charge in [0.15, 0.2) is 5.82 Å². The third-order valence-electron chi connectivity index (χ3n) is 5.68. The molecule has 0 aliphatic heterocycles. The predicted molar refractivity (Wildman–Crippen MR) is 134 cm³/mol. The summed E-state index contributed by atoms with van der Waals surface area (Å²) in [5.41, 5.74) is 5.17. The van der Waals surface area contributed by atoms with Crippen LogP contribution in [0.4, 0.5) is 0 Å². The van der Waals surface area contributed by atoms with Crippen LogP contribution < -0.4 is 4.74 Å². The molecule has 0 bridgehead atoms. The number of thiazole rings is 1. The largest absolute Gasteiger partial charge is 0.493 e. The normalized spacial score (nSPS) is 11.9. The van der Waals surface area contributed by atoms with Crippen molar-refractivity contribution in [2.24, 2.45) is 0 Å². The van der Waals surface area contributed by atoms with Crippen molar-refractivity contribution in [2.45, 2.75) is 39.5 Å². The molecule has 4 aromatic rings. The van der Waals surface area contributed by atoms with E-state index >= 15 is 0 Å². The molecule has 0 unspecified atom stereocenters. The number of aryl methyl sites for hydroxylation is 3. The maximum absolute atomic E-state index is 10.8. The Balaban J connectivity index is 1.41. The molecule has 2 aromatic carbocycles. The Morgan fingerprint density at radius 3 is 2.44 bits per heavy atom. The molecule has 6 nitrogen and oxygen atoms in total. The molecular formula is C27H27N3O3S. The molecule has 0 aliphatic rings. The van der Waals surface area contributed by atoms with Gasteiger partial charge in [0.2, 0.25) is 0 Å². The Bertz CT molecular complexity index is 1270. The van der Waals surface area contributed by atoms with Crippen molar-refractivity contribution in [1.29, 1.82) is 0 Å². The summed E-state index contributed by atoms with van der Waals surface area (Å²) in [5.74, 6) is 0.845. The average molecular weight is 474 g/mol. The lowest BCUT2D eigenvalue weighted by molar-refractivity contribution is -0.136. The van der Waals surface area contributed by atoms with Crippen molar-refractivity contribution in [1.82, 2.24) is 15.0 Å². The first kappa shape index (κ1) is 23.6. The fraction of sp³-hybridized carbons (Fsp3) is 0.259. The summed E-state index contributed by atoms with van der Waals surface area (Å²) in [6.45, 7) is 6.72. The molecule has 4 rings (SSSR count). The predicted octanol–water partition coefficient (Wildman–Crippen LogP) is 6.08. The fourth-order valence-electron chi connectivity index (χ4n) is 3.78. The van der Waals surface area contributed by atoms with Crippen molar-refractivity contribution in [3.63, 3.8) is 0 Å². The standard InChI is InChI=1S/C27H27N3O3S/c1-17-15-23(11-9-20(17)10-12-24(31)32)33-16-18(2)25-19(3)34-27(30-25)22-7-5-21(6-8-22)26-28-13-4-14-29-26/h4-9,11,13-15,18H,10,12,16H2,1-3H3,(H,31,32)/t18-/m1/s1. The van der Waals surface area contributed by atoms with Gasteiger partial charge >= 0.3 is 5.97 Å². The second-order valence-corrected chi connectivity index (χ2v) is 9.51. The lowest BCUT2D eigenvalue weighted by Crippen LogP contribution is -2.09. The molecule has 2 aromatic heterocycles. The highest BCUT2D eigenvalue weighted by Crippen LogP contribution is 2.32. The van der Waals surface area contributed by atoms with E-state index in [4.69, 9.17) is 14.8 Å². The Hall–Kier alpha value is -3.58. The molecule has 0 spiro atoms. The summed E-state index contributed by atoms with van der Waals surface area (Å²) >= 11 is 1.69. The second-order valence-electron chi connectivity index (χ2n) is 8.30. The number of carboxylic acid groups (broad SMARTS) is 1. The Kier molecular flexibility index (Phi) is 7.33. The Morgan fingerprint density at radius 1 is 1.06 bits per heavy atom. The lowest BCUT2D eigenvalue weighted by Gasteiger charge is -2.14. The van der Waals surface area contributed by atoms with E-state index in [0.717, 1.165) is 38.7 Å². The van der Waals surface area contributed by atoms with Gasteiger partial charge in [0.25, 0.3) is 0 Å². The minimum atomic E-state index is -0.785. The summed E-state index contributed by atoms with van der Waals surface area (Å²) in [7, 11) is 0. The van der Waals surface area contributed by atoms with Crippen LogP contribution in [0.25, 0.3) is 22.0 Å². The van der Waals surface area contributed by atoms with Crippen LogP contribution in [-0.4, -0.2) is 32.6 Å². The first-order valence-corrected chi connectivity index (χ1v) is 12.0. The van der Waals surface area contributed by atoms with Crippen LogP contribution in [0.2, 0.25) is 0 Å². The molecular weight excluding hydrogens is 446 g/mol. The molecule has 0 radical (unpaired) electrons. The number of hydrogen-bond donors (Lipinski definition) is 1. The highest BCUT2D eigenvalue weighted by molar-refractivity contribution is 7.15. The number of aromatic nitrogens is 3. The zero-order valence-electron chi connectivity index (χ0n) is 19.5. The van der Waals surface area contributed by atoms with Gasteiger partial charge in [-0.3, -0.25) is 4.79 Å². The molecule has 34 heavy (non-hydrogen) atoms. The van der Waals surface area contributed by atoms with Crippen LogP contribution in [0.3, 0.4) is 0 Å². The van der Waals surface area contributed by atoms with Crippen molar-refractivity contribution in [3.8, 4) is 27.7 Å². The summed E-state index contributed by atoms with van der Waals surface area (Å²) in [4.78, 5) is 25.5. The van der Waals surface area contributed by atoms with E-state index in [1.165, 1.54) is 4.88 Å². The lowest BCUT2D eigenvalue weighted by atomic mass is 10.0. The molecule has 2 heterocycles. The maximum Gasteiger partial charge on any atom is 0.303 e. The molecule has 174 valence electrons. The molecule has 0 fully saturated rings. The van der Waals surface area contributed by atoms with E-state index in [2.05, 4.69) is 35.9 Å². The van der Waals surface area contributed by atoms with E-state index in [-0.39, 0.29) is 12.3 Å². The number of benzene rings is 2. The van der Waals surface area contributed by atoms with Gasteiger partial charge in [-0.25, -0.2) is 15.0 Å². The van der Waals surface area contributed by atoms with Gasteiger partial charge in [-0.1, -0.05) is 37.3 Å². The maximum atomic E-state index is 10.8. The average Bonchev–Trinajstić information content (AvgIpc) is 3.24. The second kappa shape index (κ2) is 10.6. The van der Waals surface area contributed by atoms with Crippen LogP contribution in [0.15, 0.2) is 60.9 Å². The zero-order valence-corrected chi connectivity index (χ0v) is 20.3. The number of carboxylic acids is 1. The van der Waals surface area contributed by atoms with E-state index in [9.17, 15) is 4.79 Å². The topological polar surface area (TPSA) is 85.2 Å². The quantitative estimate of drug-likeness (QED) is 0.317. The van der Waals surface area contributed by atoms with Gasteiger partial charge in [-0.15, -0.1) is 11.3 Å². The van der Waals surface area contributed by atoms with E-state index in [1.54, 1.807) is 29.8 Å². The number of aliphatic carboxylic acids is 1. The van der Waals surface area contributed by atoms with Crippen LogP contribution in [0.1, 0.15) is 41.0 Å². The number of rotatable bonds is 9. The molecule has 0 aliphatic carbocycles. The van der Waals surface area contributed by atoms with Gasteiger partial charge in [0, 0.05) is 40.7 Å². The summed E-state index contributed by atoms with van der Waals surface area (Å²) < 4.78 is 6.05. The van der Waals surface area contributed by atoms with Crippen molar-refractivity contribution < 1.29 is 14.6 Å². The zero-order chi connectivity index (χ0) is 24.1. The number of ether oxygens (including phenoxy) is 1. The van der Waals surface area contributed by atoms with Crippen molar-refractivity contribution >= 4 is 17.3 Å². The highest BCUT2D eigenvalue weighted by atomic mass is 32.1. The number of carbonyl (C=O) groups is 1.